The van der Waals surface area contributed by atoms with Gasteiger partial charge in [-0.15, -0.1) is 0 Å². The maximum absolute atomic E-state index is 11.8. The van der Waals surface area contributed by atoms with Gasteiger partial charge in [-0.25, -0.2) is 8.42 Å². The second-order valence-corrected chi connectivity index (χ2v) is 10.5. The summed E-state index contributed by atoms with van der Waals surface area (Å²) in [5.74, 6) is 0.903. The molecule has 3 aromatic rings. The molecule has 0 saturated carbocycles. The van der Waals surface area contributed by atoms with E-state index in [2.05, 4.69) is 34.7 Å². The normalized spacial score (nSPS) is 19.5. The molecule has 30 heavy (non-hydrogen) atoms. The highest BCUT2D eigenvalue weighted by molar-refractivity contribution is 7.92. The summed E-state index contributed by atoms with van der Waals surface area (Å²) in [4.78, 5) is 2.63. The molecule has 0 aromatic heterocycles. The summed E-state index contributed by atoms with van der Waals surface area (Å²) in [6, 6.07) is 10.9. The Labute approximate surface area is 178 Å². The standard InChI is InChI=1S/C24H28N2O3S/c1-15-10-19-20-11-16(25-30(3,27)28)7-8-18(20)23-14-26-9-5-4-6-17(26)12-21(23)22(19)13-24(15)29-2/h7-8,10-11,13,17,25H,4-6,9,12,14H2,1-3H3/t17-/m1/s1. The topological polar surface area (TPSA) is 58.6 Å². The predicted molar refractivity (Wildman–Crippen MR) is 123 cm³/mol. The average Bonchev–Trinajstić information content (AvgIpc) is 2.71. The van der Waals surface area contributed by atoms with Crippen molar-refractivity contribution in [2.75, 3.05) is 24.6 Å². The third-order valence-electron chi connectivity index (χ3n) is 6.71. The fourth-order valence-corrected chi connectivity index (χ4v) is 5.92. The van der Waals surface area contributed by atoms with Crippen molar-refractivity contribution in [3.8, 4) is 5.75 Å². The molecule has 0 spiro atoms. The molecule has 0 amide bonds. The number of ether oxygens (including phenoxy) is 1. The van der Waals surface area contributed by atoms with E-state index in [1.807, 2.05) is 12.1 Å². The van der Waals surface area contributed by atoms with Gasteiger partial charge in [-0.1, -0.05) is 12.5 Å². The number of anilines is 1. The second kappa shape index (κ2) is 7.13. The van der Waals surface area contributed by atoms with Gasteiger partial charge in [0.05, 0.1) is 13.4 Å². The van der Waals surface area contributed by atoms with Crippen LogP contribution in [-0.2, 0) is 23.0 Å². The van der Waals surface area contributed by atoms with E-state index in [-0.39, 0.29) is 0 Å². The van der Waals surface area contributed by atoms with Crippen molar-refractivity contribution in [2.45, 2.75) is 45.2 Å². The molecule has 2 aliphatic heterocycles. The van der Waals surface area contributed by atoms with Crippen LogP contribution in [0.5, 0.6) is 5.75 Å². The quantitative estimate of drug-likeness (QED) is 0.625. The molecule has 0 aliphatic carbocycles. The van der Waals surface area contributed by atoms with Crippen LogP contribution in [0.3, 0.4) is 0 Å². The number of nitrogens with one attached hydrogen (secondary N) is 1. The van der Waals surface area contributed by atoms with Crippen LogP contribution >= 0.6 is 0 Å². The van der Waals surface area contributed by atoms with Crippen LogP contribution < -0.4 is 9.46 Å². The third kappa shape index (κ3) is 3.32. The Balaban J connectivity index is 1.81. The number of hydrogen-bond donors (Lipinski definition) is 1. The maximum Gasteiger partial charge on any atom is 0.229 e. The third-order valence-corrected chi connectivity index (χ3v) is 7.32. The van der Waals surface area contributed by atoms with Gasteiger partial charge in [0.2, 0.25) is 10.0 Å². The van der Waals surface area contributed by atoms with Crippen molar-refractivity contribution < 1.29 is 13.2 Å². The average molecular weight is 425 g/mol. The highest BCUT2D eigenvalue weighted by atomic mass is 32.2. The van der Waals surface area contributed by atoms with Crippen LogP contribution in [0.15, 0.2) is 30.3 Å². The maximum atomic E-state index is 11.8. The van der Waals surface area contributed by atoms with Gasteiger partial charge in [0.15, 0.2) is 0 Å². The van der Waals surface area contributed by atoms with Gasteiger partial charge in [0.25, 0.3) is 0 Å². The zero-order valence-corrected chi connectivity index (χ0v) is 18.6. The Kier molecular flexibility index (Phi) is 4.67. The van der Waals surface area contributed by atoms with E-state index >= 15 is 0 Å². The molecule has 0 radical (unpaired) electrons. The first-order chi connectivity index (χ1) is 14.3. The summed E-state index contributed by atoms with van der Waals surface area (Å²) in [7, 11) is -1.61. The van der Waals surface area contributed by atoms with E-state index in [0.29, 0.717) is 11.7 Å². The number of benzene rings is 3. The Bertz CT molecular complexity index is 1270. The monoisotopic (exact) mass is 424 g/mol. The predicted octanol–water partition coefficient (Wildman–Crippen LogP) is 4.59. The van der Waals surface area contributed by atoms with Gasteiger partial charge >= 0.3 is 0 Å². The first kappa shape index (κ1) is 19.6. The molecule has 1 saturated heterocycles. The molecular weight excluding hydrogens is 396 g/mol. The Morgan fingerprint density at radius 1 is 1.03 bits per heavy atom. The molecule has 2 heterocycles. The fraction of sp³-hybridized carbons (Fsp3) is 0.417. The molecule has 2 aliphatic rings. The summed E-state index contributed by atoms with van der Waals surface area (Å²) < 4.78 is 31.9. The van der Waals surface area contributed by atoms with Crippen molar-refractivity contribution in [3.63, 3.8) is 0 Å². The molecule has 3 aromatic carbocycles. The minimum absolute atomic E-state index is 0.603. The highest BCUT2D eigenvalue weighted by Gasteiger charge is 2.31. The van der Waals surface area contributed by atoms with E-state index in [1.165, 1.54) is 52.8 Å². The van der Waals surface area contributed by atoms with Gasteiger partial charge < -0.3 is 4.74 Å². The summed E-state index contributed by atoms with van der Waals surface area (Å²) in [5, 5.41) is 4.73. The lowest BCUT2D eigenvalue weighted by molar-refractivity contribution is 0.128. The van der Waals surface area contributed by atoms with E-state index < -0.39 is 10.0 Å². The lowest BCUT2D eigenvalue weighted by Crippen LogP contribution is -2.43. The number of piperidine rings is 1. The van der Waals surface area contributed by atoms with E-state index in [4.69, 9.17) is 4.74 Å². The largest absolute Gasteiger partial charge is 0.496 e. The molecule has 1 N–H and O–H groups in total. The summed E-state index contributed by atoms with van der Waals surface area (Å²) in [6.45, 7) is 4.18. The minimum atomic E-state index is -3.33. The zero-order chi connectivity index (χ0) is 21.0. The lowest BCUT2D eigenvalue weighted by Gasteiger charge is -2.41. The second-order valence-electron chi connectivity index (χ2n) is 8.78. The number of fused-ring (bicyclic) bond motifs is 7. The summed E-state index contributed by atoms with van der Waals surface area (Å²) in [6.07, 6.45) is 6.10. The number of rotatable bonds is 3. The van der Waals surface area contributed by atoms with E-state index in [0.717, 1.165) is 36.2 Å². The molecule has 158 valence electrons. The van der Waals surface area contributed by atoms with Gasteiger partial charge in [0.1, 0.15) is 5.75 Å². The van der Waals surface area contributed by atoms with Crippen molar-refractivity contribution >= 4 is 37.3 Å². The molecular formula is C24H28N2O3S. The molecule has 0 unspecified atom stereocenters. The highest BCUT2D eigenvalue weighted by Crippen LogP contribution is 2.42. The number of methoxy groups -OCH3 is 1. The number of aryl methyl sites for hydroxylation is 1. The van der Waals surface area contributed by atoms with Crippen molar-refractivity contribution in [2.24, 2.45) is 0 Å². The van der Waals surface area contributed by atoms with Crippen molar-refractivity contribution in [3.05, 3.63) is 47.0 Å². The van der Waals surface area contributed by atoms with Crippen LogP contribution in [0, 0.1) is 6.92 Å². The van der Waals surface area contributed by atoms with Crippen LogP contribution in [0.4, 0.5) is 5.69 Å². The van der Waals surface area contributed by atoms with Gasteiger partial charge in [-0.05, 0) is 95.2 Å². The Hall–Kier alpha value is -2.31. The van der Waals surface area contributed by atoms with E-state index in [9.17, 15) is 8.42 Å². The first-order valence-electron chi connectivity index (χ1n) is 10.6. The van der Waals surface area contributed by atoms with Crippen LogP contribution in [-0.4, -0.2) is 39.3 Å². The van der Waals surface area contributed by atoms with Crippen LogP contribution in [0.1, 0.15) is 36.0 Å². The van der Waals surface area contributed by atoms with E-state index in [1.54, 1.807) is 7.11 Å². The lowest BCUT2D eigenvalue weighted by atomic mass is 9.82. The SMILES string of the molecule is COc1cc2c3c(c4ccc(NS(C)(=O)=O)cc4c2cc1C)CN1CCCC[C@@H]1C3. The van der Waals surface area contributed by atoms with Gasteiger partial charge in [-0.2, -0.15) is 0 Å². The van der Waals surface area contributed by atoms with Gasteiger partial charge in [0, 0.05) is 18.3 Å². The summed E-state index contributed by atoms with van der Waals surface area (Å²) in [5.41, 5.74) is 4.50. The number of nitrogens with zero attached hydrogens (tertiary/aromatic N) is 1. The Morgan fingerprint density at radius 3 is 2.60 bits per heavy atom. The summed E-state index contributed by atoms with van der Waals surface area (Å²) >= 11 is 0. The fourth-order valence-electron chi connectivity index (χ4n) is 5.37. The molecule has 5 rings (SSSR count). The molecule has 0 bridgehead atoms. The van der Waals surface area contributed by atoms with Crippen molar-refractivity contribution in [1.82, 2.24) is 4.90 Å². The first-order valence-corrected chi connectivity index (χ1v) is 12.5. The Morgan fingerprint density at radius 2 is 1.83 bits per heavy atom. The van der Waals surface area contributed by atoms with Crippen LogP contribution in [0.2, 0.25) is 0 Å². The number of hydrogen-bond acceptors (Lipinski definition) is 4. The minimum Gasteiger partial charge on any atom is -0.496 e. The molecule has 5 nitrogen and oxygen atoms in total. The molecule has 1 fully saturated rings. The van der Waals surface area contributed by atoms with Crippen molar-refractivity contribution in [1.29, 1.82) is 0 Å². The molecule has 6 heteroatoms. The van der Waals surface area contributed by atoms with Crippen LogP contribution in [0.25, 0.3) is 21.5 Å². The molecule has 1 atom stereocenters. The smallest absolute Gasteiger partial charge is 0.229 e. The number of sulfonamides is 1. The van der Waals surface area contributed by atoms with Gasteiger partial charge in [-0.3, -0.25) is 9.62 Å². The zero-order valence-electron chi connectivity index (χ0n) is 17.8.